The number of alkyl halides is 3. The van der Waals surface area contributed by atoms with Crippen LogP contribution >= 0.6 is 23.2 Å². The molecule has 2 aromatic rings. The fraction of sp³-hybridized carbons (Fsp3) is 0.200. The number of carbonyl (C=O) groups excluding carboxylic acids is 1. The summed E-state index contributed by atoms with van der Waals surface area (Å²) in [5.74, 6) is -0.521. The summed E-state index contributed by atoms with van der Waals surface area (Å²) in [7, 11) is 1.32. The van der Waals surface area contributed by atoms with Crippen LogP contribution in [0.3, 0.4) is 0 Å². The molecule has 0 fully saturated rings. The maximum Gasteiger partial charge on any atom is 0.417 e. The first kappa shape index (κ1) is 22.9. The van der Waals surface area contributed by atoms with E-state index in [1.165, 1.54) is 31.4 Å². The minimum Gasteiger partial charge on any atom is -0.407 e. The Morgan fingerprint density at radius 1 is 1.23 bits per heavy atom. The van der Waals surface area contributed by atoms with Crippen molar-refractivity contribution in [2.24, 2.45) is 5.16 Å². The third-order valence-corrected chi connectivity index (χ3v) is 4.98. The first-order valence-electron chi connectivity index (χ1n) is 8.74. The summed E-state index contributed by atoms with van der Waals surface area (Å²) in [6.07, 6.45) is -2.77. The molecule has 1 aliphatic rings. The number of nitrogens with one attached hydrogen (secondary N) is 2. The van der Waals surface area contributed by atoms with E-state index >= 15 is 0 Å². The van der Waals surface area contributed by atoms with Crippen molar-refractivity contribution in [3.8, 4) is 0 Å². The monoisotopic (exact) mass is 473 g/mol. The van der Waals surface area contributed by atoms with Gasteiger partial charge in [-0.15, -0.1) is 5.48 Å². The molecule has 0 aliphatic carbocycles. The van der Waals surface area contributed by atoms with Crippen LogP contribution in [0.5, 0.6) is 0 Å². The molecule has 2 aromatic carbocycles. The molecule has 1 amide bonds. The zero-order valence-electron chi connectivity index (χ0n) is 16.2. The number of hydrogen-bond donors (Lipinski definition) is 2. The highest BCUT2D eigenvalue weighted by molar-refractivity contribution is 6.34. The van der Waals surface area contributed by atoms with Gasteiger partial charge in [-0.25, -0.2) is 0 Å². The Morgan fingerprint density at radius 3 is 2.48 bits per heavy atom. The van der Waals surface area contributed by atoms with Crippen LogP contribution in [-0.2, 0) is 15.2 Å². The van der Waals surface area contributed by atoms with Crippen molar-refractivity contribution in [3.05, 3.63) is 74.8 Å². The zero-order chi connectivity index (χ0) is 22.8. The molecule has 0 saturated carbocycles. The van der Waals surface area contributed by atoms with Crippen LogP contribution in [0, 0.1) is 6.92 Å². The van der Waals surface area contributed by atoms with Crippen LogP contribution in [0.1, 0.15) is 27.0 Å². The van der Waals surface area contributed by atoms with E-state index in [0.717, 1.165) is 24.5 Å². The Morgan fingerprint density at radius 2 is 1.90 bits per heavy atom. The fourth-order valence-electron chi connectivity index (χ4n) is 3.05. The lowest BCUT2D eigenvalue weighted by Gasteiger charge is -2.29. The van der Waals surface area contributed by atoms with E-state index in [2.05, 4.69) is 20.8 Å². The van der Waals surface area contributed by atoms with E-state index in [1.54, 1.807) is 6.92 Å². The molecule has 164 valence electrons. The van der Waals surface area contributed by atoms with Crippen molar-refractivity contribution in [3.63, 3.8) is 0 Å². The van der Waals surface area contributed by atoms with Crippen LogP contribution in [0.15, 0.2) is 47.6 Å². The second kappa shape index (κ2) is 8.78. The summed E-state index contributed by atoms with van der Waals surface area (Å²) < 4.78 is 42.3. The number of benzene rings is 2. The number of amides is 1. The van der Waals surface area contributed by atoms with Gasteiger partial charge < -0.3 is 15.0 Å². The standard InChI is InChI=1S/C20H16Cl2F3N3O3/c1-11-5-12(3-4-16(11)18(29)26-10-27-30-2)17-9-19(28-31-17,20(23,24)25)13-6-14(21)8-15(22)7-13/h3-10,28H,1-2H3,(H,26,27,29). The minimum atomic E-state index is -4.77. The van der Waals surface area contributed by atoms with Crippen molar-refractivity contribution in [2.45, 2.75) is 18.6 Å². The quantitative estimate of drug-likeness (QED) is 0.366. The molecule has 11 heteroatoms. The summed E-state index contributed by atoms with van der Waals surface area (Å²) in [5, 5.41) is 5.92. The zero-order valence-corrected chi connectivity index (χ0v) is 17.7. The largest absolute Gasteiger partial charge is 0.417 e. The molecule has 1 heterocycles. The maximum atomic E-state index is 14.1. The summed E-state index contributed by atoms with van der Waals surface area (Å²) in [6.45, 7) is 1.64. The Bertz CT molecular complexity index is 1050. The lowest BCUT2D eigenvalue weighted by molar-refractivity contribution is -0.201. The molecule has 6 nitrogen and oxygen atoms in total. The molecular formula is C20H16Cl2F3N3O3. The number of rotatable bonds is 5. The Balaban J connectivity index is 1.99. The van der Waals surface area contributed by atoms with Gasteiger partial charge in [0.05, 0.1) is 0 Å². The van der Waals surface area contributed by atoms with Gasteiger partial charge in [0.25, 0.3) is 5.91 Å². The van der Waals surface area contributed by atoms with Crippen LogP contribution in [0.4, 0.5) is 13.2 Å². The van der Waals surface area contributed by atoms with Gasteiger partial charge in [0.1, 0.15) is 13.4 Å². The van der Waals surface area contributed by atoms with Crippen LogP contribution < -0.4 is 10.8 Å². The van der Waals surface area contributed by atoms with Crippen LogP contribution in [-0.4, -0.2) is 25.5 Å². The predicted molar refractivity (Wildman–Crippen MR) is 111 cm³/mol. The number of hydrogen-bond acceptors (Lipinski definition) is 5. The number of aryl methyl sites for hydroxylation is 1. The normalized spacial score (nSPS) is 18.6. The highest BCUT2D eigenvalue weighted by atomic mass is 35.5. The van der Waals surface area contributed by atoms with E-state index < -0.39 is 17.6 Å². The molecule has 3 rings (SSSR count). The molecule has 0 radical (unpaired) electrons. The van der Waals surface area contributed by atoms with Crippen molar-refractivity contribution in [2.75, 3.05) is 7.11 Å². The molecule has 1 atom stereocenters. The maximum absolute atomic E-state index is 14.1. The number of nitrogens with zero attached hydrogens (tertiary/aromatic N) is 1. The molecular weight excluding hydrogens is 458 g/mol. The van der Waals surface area contributed by atoms with E-state index in [-0.39, 0.29) is 21.4 Å². The Kier molecular flexibility index (Phi) is 6.49. The van der Waals surface area contributed by atoms with Gasteiger partial charge in [0.15, 0.2) is 11.3 Å². The highest BCUT2D eigenvalue weighted by Gasteiger charge is 2.58. The van der Waals surface area contributed by atoms with Crippen molar-refractivity contribution < 1.29 is 27.6 Å². The average Bonchev–Trinajstić information content (AvgIpc) is 3.14. The van der Waals surface area contributed by atoms with Gasteiger partial charge >= 0.3 is 6.18 Å². The van der Waals surface area contributed by atoms with E-state index in [1.807, 2.05) is 0 Å². The number of halogens is 5. The van der Waals surface area contributed by atoms with Gasteiger partial charge in [-0.3, -0.25) is 4.79 Å². The van der Waals surface area contributed by atoms with E-state index in [4.69, 9.17) is 28.0 Å². The van der Waals surface area contributed by atoms with Gasteiger partial charge in [0.2, 0.25) is 0 Å². The second-order valence-electron chi connectivity index (χ2n) is 6.60. The Hall–Kier alpha value is -2.75. The molecule has 0 aromatic heterocycles. The fourth-order valence-corrected chi connectivity index (χ4v) is 3.57. The van der Waals surface area contributed by atoms with Crippen molar-refractivity contribution in [1.82, 2.24) is 10.8 Å². The van der Waals surface area contributed by atoms with Crippen LogP contribution in [0.2, 0.25) is 10.0 Å². The topological polar surface area (TPSA) is 72.0 Å². The molecule has 1 aliphatic heterocycles. The van der Waals surface area contributed by atoms with Crippen molar-refractivity contribution >= 4 is 41.2 Å². The lowest BCUT2D eigenvalue weighted by Crippen LogP contribution is -2.49. The van der Waals surface area contributed by atoms with E-state index in [9.17, 15) is 18.0 Å². The summed E-state index contributed by atoms with van der Waals surface area (Å²) in [4.78, 5) is 21.8. The molecule has 2 N–H and O–H groups in total. The molecule has 1 unspecified atom stereocenters. The highest BCUT2D eigenvalue weighted by Crippen LogP contribution is 2.46. The number of hydroxylamine groups is 1. The minimum absolute atomic E-state index is 0.0537. The molecule has 0 spiro atoms. The Labute approximate surface area is 185 Å². The number of oxime groups is 1. The summed E-state index contributed by atoms with van der Waals surface area (Å²) >= 11 is 11.8. The third kappa shape index (κ3) is 4.63. The van der Waals surface area contributed by atoms with Gasteiger partial charge in [-0.05, 0) is 54.5 Å². The van der Waals surface area contributed by atoms with Gasteiger partial charge in [-0.1, -0.05) is 34.4 Å². The van der Waals surface area contributed by atoms with E-state index in [0.29, 0.717) is 16.7 Å². The molecule has 0 bridgehead atoms. The first-order chi connectivity index (χ1) is 14.6. The first-order valence-corrected chi connectivity index (χ1v) is 9.50. The second-order valence-corrected chi connectivity index (χ2v) is 7.47. The molecule has 0 saturated heterocycles. The smallest absolute Gasteiger partial charge is 0.407 e. The SMILES string of the molecule is CO/N=C\NC(=O)c1ccc(C2=CC(c3cc(Cl)cc(Cl)c3)(C(F)(F)F)NO2)cc1C. The lowest BCUT2D eigenvalue weighted by atomic mass is 9.89. The molecule has 31 heavy (non-hydrogen) atoms. The van der Waals surface area contributed by atoms with Gasteiger partial charge in [0, 0.05) is 21.2 Å². The van der Waals surface area contributed by atoms with Gasteiger partial charge in [-0.2, -0.15) is 13.2 Å². The number of carbonyl (C=O) groups is 1. The van der Waals surface area contributed by atoms with Crippen molar-refractivity contribution in [1.29, 1.82) is 0 Å². The summed E-state index contributed by atoms with van der Waals surface area (Å²) in [6, 6.07) is 8.14. The third-order valence-electron chi connectivity index (χ3n) is 4.54. The predicted octanol–water partition coefficient (Wildman–Crippen LogP) is 4.95. The summed E-state index contributed by atoms with van der Waals surface area (Å²) in [5.41, 5.74) is 0.356. The van der Waals surface area contributed by atoms with Crippen LogP contribution in [0.25, 0.3) is 5.76 Å². The average molecular weight is 474 g/mol.